The number of nitrogens with zero attached hydrogens (tertiary/aromatic N) is 1. The third kappa shape index (κ3) is 3.82. The minimum Gasteiger partial charge on any atom is -0.493 e. The number of ether oxygens (including phenoxy) is 2. The zero-order chi connectivity index (χ0) is 12.8. The molecule has 0 amide bonds. The maximum absolute atomic E-state index is 5.31. The molecular weight excluding hydrogens is 234 g/mol. The Hall–Kier alpha value is -0.870. The minimum absolute atomic E-state index is 0.783. The van der Waals surface area contributed by atoms with Crippen molar-refractivity contribution in [2.45, 2.75) is 13.5 Å². The maximum atomic E-state index is 5.31. The summed E-state index contributed by atoms with van der Waals surface area (Å²) < 4.78 is 10.6. The second kappa shape index (κ2) is 6.77. The van der Waals surface area contributed by atoms with Gasteiger partial charge in [0.2, 0.25) is 0 Å². The van der Waals surface area contributed by atoms with Gasteiger partial charge in [-0.25, -0.2) is 0 Å². The van der Waals surface area contributed by atoms with E-state index in [1.54, 1.807) is 14.2 Å². The minimum atomic E-state index is 0.783. The molecule has 0 aliphatic rings. The van der Waals surface area contributed by atoms with Gasteiger partial charge in [-0.1, -0.05) is 0 Å². The molecule has 0 spiro atoms. The molecule has 0 saturated carbocycles. The molecule has 0 N–H and O–H groups in total. The Kier molecular flexibility index (Phi) is 5.65. The smallest absolute Gasteiger partial charge is 0.161 e. The zero-order valence-corrected chi connectivity index (χ0v) is 11.9. The molecule has 1 aromatic rings. The molecule has 1 rings (SSSR count). The molecular formula is C13H21NO2S. The van der Waals surface area contributed by atoms with Gasteiger partial charge in [0.25, 0.3) is 0 Å². The predicted octanol–water partition coefficient (Wildman–Crippen LogP) is 2.37. The van der Waals surface area contributed by atoms with Crippen LogP contribution in [-0.4, -0.2) is 38.5 Å². The van der Waals surface area contributed by atoms with Crippen molar-refractivity contribution in [3.05, 3.63) is 23.3 Å². The summed E-state index contributed by atoms with van der Waals surface area (Å²) in [7, 11) is 5.41. The second-order valence-corrected chi connectivity index (χ2v) is 4.54. The van der Waals surface area contributed by atoms with Crippen molar-refractivity contribution in [2.75, 3.05) is 33.6 Å². The summed E-state index contributed by atoms with van der Waals surface area (Å²) in [4.78, 5) is 2.24. The lowest BCUT2D eigenvalue weighted by Crippen LogP contribution is -2.20. The number of hydrogen-bond acceptors (Lipinski definition) is 4. The average Bonchev–Trinajstić information content (AvgIpc) is 2.31. The van der Waals surface area contributed by atoms with Crippen LogP contribution in [0.3, 0.4) is 0 Å². The van der Waals surface area contributed by atoms with E-state index in [-0.39, 0.29) is 0 Å². The summed E-state index contributed by atoms with van der Waals surface area (Å²) >= 11 is 4.24. The molecule has 0 aliphatic heterocycles. The van der Waals surface area contributed by atoms with Crippen molar-refractivity contribution in [1.29, 1.82) is 0 Å². The van der Waals surface area contributed by atoms with Crippen molar-refractivity contribution in [3.63, 3.8) is 0 Å². The van der Waals surface area contributed by atoms with E-state index in [1.807, 2.05) is 12.1 Å². The van der Waals surface area contributed by atoms with Crippen LogP contribution in [-0.2, 0) is 6.54 Å². The van der Waals surface area contributed by atoms with Gasteiger partial charge in [-0.3, -0.25) is 0 Å². The number of aryl methyl sites for hydroxylation is 1. The summed E-state index contributed by atoms with van der Waals surface area (Å²) in [6.07, 6.45) is 0. The normalized spacial score (nSPS) is 10.7. The molecule has 0 aromatic heterocycles. The van der Waals surface area contributed by atoms with Gasteiger partial charge in [0.1, 0.15) is 0 Å². The summed E-state index contributed by atoms with van der Waals surface area (Å²) in [5, 5.41) is 0. The Morgan fingerprint density at radius 3 is 2.29 bits per heavy atom. The van der Waals surface area contributed by atoms with Crippen LogP contribution in [0.1, 0.15) is 11.1 Å². The Labute approximate surface area is 109 Å². The van der Waals surface area contributed by atoms with Crippen molar-refractivity contribution in [3.8, 4) is 11.5 Å². The van der Waals surface area contributed by atoms with E-state index in [9.17, 15) is 0 Å². The third-order valence-corrected chi connectivity index (χ3v) is 2.96. The molecule has 0 atom stereocenters. The van der Waals surface area contributed by atoms with Gasteiger partial charge in [0.05, 0.1) is 14.2 Å². The van der Waals surface area contributed by atoms with E-state index in [1.165, 1.54) is 11.1 Å². The van der Waals surface area contributed by atoms with E-state index in [0.29, 0.717) is 0 Å². The van der Waals surface area contributed by atoms with Gasteiger partial charge in [-0.05, 0) is 37.2 Å². The van der Waals surface area contributed by atoms with Crippen molar-refractivity contribution < 1.29 is 9.47 Å². The summed E-state index contributed by atoms with van der Waals surface area (Å²) in [5.74, 6) is 2.43. The monoisotopic (exact) mass is 255 g/mol. The summed E-state index contributed by atoms with van der Waals surface area (Å²) in [6, 6.07) is 4.06. The third-order valence-electron chi connectivity index (χ3n) is 2.76. The van der Waals surface area contributed by atoms with Gasteiger partial charge in [0.15, 0.2) is 11.5 Å². The van der Waals surface area contributed by atoms with E-state index in [4.69, 9.17) is 9.47 Å². The summed E-state index contributed by atoms with van der Waals surface area (Å²) in [6.45, 7) is 3.95. The van der Waals surface area contributed by atoms with Gasteiger partial charge in [0, 0.05) is 18.8 Å². The molecule has 17 heavy (non-hydrogen) atoms. The maximum Gasteiger partial charge on any atom is 0.161 e. The number of hydrogen-bond donors (Lipinski definition) is 1. The fraction of sp³-hybridized carbons (Fsp3) is 0.538. The molecule has 0 aliphatic carbocycles. The van der Waals surface area contributed by atoms with Gasteiger partial charge >= 0.3 is 0 Å². The summed E-state index contributed by atoms with van der Waals surface area (Å²) in [5.41, 5.74) is 2.47. The van der Waals surface area contributed by atoms with Gasteiger partial charge in [-0.2, -0.15) is 12.6 Å². The van der Waals surface area contributed by atoms with E-state index >= 15 is 0 Å². The Morgan fingerprint density at radius 1 is 1.18 bits per heavy atom. The lowest BCUT2D eigenvalue weighted by Gasteiger charge is -2.18. The van der Waals surface area contributed by atoms with Crippen LogP contribution in [0.15, 0.2) is 12.1 Å². The molecule has 0 fully saturated rings. The highest BCUT2D eigenvalue weighted by Crippen LogP contribution is 2.30. The highest BCUT2D eigenvalue weighted by Gasteiger charge is 2.09. The van der Waals surface area contributed by atoms with Crippen LogP contribution >= 0.6 is 12.6 Å². The Bertz CT molecular complexity index is 369. The largest absolute Gasteiger partial charge is 0.493 e. The van der Waals surface area contributed by atoms with Gasteiger partial charge in [-0.15, -0.1) is 0 Å². The number of methoxy groups -OCH3 is 2. The lowest BCUT2D eigenvalue weighted by atomic mass is 10.1. The van der Waals surface area contributed by atoms with E-state index < -0.39 is 0 Å². The molecule has 0 radical (unpaired) electrons. The van der Waals surface area contributed by atoms with Crippen LogP contribution < -0.4 is 9.47 Å². The molecule has 96 valence electrons. The first kappa shape index (κ1) is 14.2. The highest BCUT2D eigenvalue weighted by atomic mass is 32.1. The van der Waals surface area contributed by atoms with E-state index in [2.05, 4.69) is 31.5 Å². The predicted molar refractivity (Wildman–Crippen MR) is 74.5 cm³/mol. The first-order valence-electron chi connectivity index (χ1n) is 5.63. The number of thiol groups is 1. The average molecular weight is 255 g/mol. The molecule has 0 unspecified atom stereocenters. The first-order valence-corrected chi connectivity index (χ1v) is 6.26. The molecule has 0 heterocycles. The fourth-order valence-electron chi connectivity index (χ4n) is 1.73. The van der Waals surface area contributed by atoms with Crippen LogP contribution in [0, 0.1) is 6.92 Å². The zero-order valence-electron chi connectivity index (χ0n) is 11.0. The topological polar surface area (TPSA) is 21.7 Å². The highest BCUT2D eigenvalue weighted by molar-refractivity contribution is 7.80. The first-order chi connectivity index (χ1) is 8.12. The lowest BCUT2D eigenvalue weighted by molar-refractivity contribution is 0.340. The molecule has 4 heteroatoms. The van der Waals surface area contributed by atoms with Crippen molar-refractivity contribution in [2.24, 2.45) is 0 Å². The fourth-order valence-corrected chi connectivity index (χ4v) is 2.08. The van der Waals surface area contributed by atoms with Crippen LogP contribution in [0.2, 0.25) is 0 Å². The molecule has 3 nitrogen and oxygen atoms in total. The van der Waals surface area contributed by atoms with Crippen LogP contribution in [0.4, 0.5) is 0 Å². The van der Waals surface area contributed by atoms with Crippen LogP contribution in [0.25, 0.3) is 0 Å². The molecule has 1 aromatic carbocycles. The van der Waals surface area contributed by atoms with Crippen LogP contribution in [0.5, 0.6) is 11.5 Å². The Balaban J connectivity index is 2.92. The van der Waals surface area contributed by atoms with Crippen molar-refractivity contribution in [1.82, 2.24) is 4.90 Å². The van der Waals surface area contributed by atoms with Gasteiger partial charge < -0.3 is 14.4 Å². The van der Waals surface area contributed by atoms with Crippen molar-refractivity contribution >= 4 is 12.6 Å². The standard InChI is InChI=1S/C13H21NO2S/c1-10-7-12(15-3)13(16-4)8-11(10)9-14(2)5-6-17/h7-8,17H,5-6,9H2,1-4H3. The molecule has 0 bridgehead atoms. The van der Waals surface area contributed by atoms with E-state index in [0.717, 1.165) is 30.3 Å². The number of benzene rings is 1. The molecule has 0 saturated heterocycles. The second-order valence-electron chi connectivity index (χ2n) is 4.10. The SMILES string of the molecule is COc1cc(C)c(CN(C)CCS)cc1OC. The number of rotatable bonds is 6. The quantitative estimate of drug-likeness (QED) is 0.789. The Morgan fingerprint density at radius 2 is 1.76 bits per heavy atom.